The van der Waals surface area contributed by atoms with E-state index >= 15 is 0 Å². The van der Waals surface area contributed by atoms with Crippen LogP contribution >= 0.6 is 0 Å². The van der Waals surface area contributed by atoms with Crippen LogP contribution in [0.3, 0.4) is 0 Å². The van der Waals surface area contributed by atoms with E-state index in [0.29, 0.717) is 18.8 Å². The van der Waals surface area contributed by atoms with Crippen LogP contribution in [-0.4, -0.2) is 28.3 Å². The first-order chi connectivity index (χ1) is 12.1. The molecule has 1 atom stereocenters. The lowest BCUT2D eigenvalue weighted by Crippen LogP contribution is -2.43. The minimum absolute atomic E-state index is 0.114. The Morgan fingerprint density at radius 1 is 1.36 bits per heavy atom. The van der Waals surface area contributed by atoms with Crippen LogP contribution in [0.4, 0.5) is 4.39 Å². The fourth-order valence-electron chi connectivity index (χ4n) is 3.31. The zero-order valence-electron chi connectivity index (χ0n) is 13.8. The van der Waals surface area contributed by atoms with Gasteiger partial charge >= 0.3 is 0 Å². The van der Waals surface area contributed by atoms with Crippen LogP contribution in [0.2, 0.25) is 0 Å². The Morgan fingerprint density at radius 2 is 2.20 bits per heavy atom. The fraction of sp³-hybridized carbons (Fsp3) is 0.263. The molecular formula is C19H18FN3O2. The van der Waals surface area contributed by atoms with Crippen molar-refractivity contribution in [3.05, 3.63) is 59.5 Å². The van der Waals surface area contributed by atoms with E-state index in [1.54, 1.807) is 10.7 Å². The van der Waals surface area contributed by atoms with Gasteiger partial charge < -0.3 is 10.1 Å². The van der Waals surface area contributed by atoms with Crippen molar-refractivity contribution in [2.75, 3.05) is 6.61 Å². The van der Waals surface area contributed by atoms with Gasteiger partial charge in [0.15, 0.2) is 0 Å². The molecule has 0 saturated heterocycles. The predicted molar refractivity (Wildman–Crippen MR) is 91.9 cm³/mol. The molecule has 0 saturated carbocycles. The number of para-hydroxylation sites is 1. The molecule has 0 bridgehead atoms. The third kappa shape index (κ3) is 3.07. The Hall–Kier alpha value is -2.89. The van der Waals surface area contributed by atoms with Crippen molar-refractivity contribution >= 4 is 16.8 Å². The largest absolute Gasteiger partial charge is 0.491 e. The summed E-state index contributed by atoms with van der Waals surface area (Å²) in [6.45, 7) is 0.382. The molecule has 1 unspecified atom stereocenters. The van der Waals surface area contributed by atoms with Gasteiger partial charge in [-0.1, -0.05) is 18.2 Å². The number of halogens is 1. The molecule has 5 nitrogen and oxygen atoms in total. The molecule has 3 aromatic rings. The average Bonchev–Trinajstić information content (AvgIpc) is 2.91. The highest BCUT2D eigenvalue weighted by molar-refractivity contribution is 5.87. The van der Waals surface area contributed by atoms with Gasteiger partial charge in [-0.05, 0) is 36.2 Å². The molecular weight excluding hydrogens is 321 g/mol. The highest BCUT2D eigenvalue weighted by Gasteiger charge is 2.22. The van der Waals surface area contributed by atoms with E-state index in [9.17, 15) is 9.18 Å². The van der Waals surface area contributed by atoms with Gasteiger partial charge in [0.1, 0.15) is 18.2 Å². The molecule has 128 valence electrons. The molecule has 25 heavy (non-hydrogen) atoms. The number of amides is 1. The van der Waals surface area contributed by atoms with Crippen molar-refractivity contribution in [3.63, 3.8) is 0 Å². The smallest absolute Gasteiger partial charge is 0.226 e. The molecule has 1 aromatic heterocycles. The number of fused-ring (bicyclic) bond motifs is 2. The first kappa shape index (κ1) is 15.6. The summed E-state index contributed by atoms with van der Waals surface area (Å²) in [5.74, 6) is 0.272. The van der Waals surface area contributed by atoms with Gasteiger partial charge in [0.25, 0.3) is 0 Å². The summed E-state index contributed by atoms with van der Waals surface area (Å²) in [7, 11) is 1.87. The molecule has 6 heteroatoms. The van der Waals surface area contributed by atoms with E-state index < -0.39 is 0 Å². The summed E-state index contributed by atoms with van der Waals surface area (Å²) in [5, 5.41) is 8.39. The number of ether oxygens (including phenoxy) is 1. The van der Waals surface area contributed by atoms with E-state index in [4.69, 9.17) is 4.74 Å². The lowest BCUT2D eigenvalue weighted by Gasteiger charge is -2.26. The minimum Gasteiger partial charge on any atom is -0.491 e. The number of nitrogens with one attached hydrogen (secondary N) is 1. The second-order valence-corrected chi connectivity index (χ2v) is 6.30. The molecule has 1 amide bonds. The van der Waals surface area contributed by atoms with Crippen molar-refractivity contribution in [2.24, 2.45) is 7.05 Å². The summed E-state index contributed by atoms with van der Waals surface area (Å²) >= 11 is 0. The summed E-state index contributed by atoms with van der Waals surface area (Å²) in [6.07, 6.45) is 0.760. The second kappa shape index (κ2) is 6.20. The van der Waals surface area contributed by atoms with Crippen LogP contribution in [0.1, 0.15) is 11.3 Å². The summed E-state index contributed by atoms with van der Waals surface area (Å²) in [5.41, 5.74) is 2.52. The maximum absolute atomic E-state index is 13.4. The van der Waals surface area contributed by atoms with Gasteiger partial charge in [-0.3, -0.25) is 9.48 Å². The van der Waals surface area contributed by atoms with E-state index in [1.165, 1.54) is 12.1 Å². The summed E-state index contributed by atoms with van der Waals surface area (Å²) in [6, 6.07) is 12.1. The average molecular weight is 339 g/mol. The Kier molecular flexibility index (Phi) is 3.87. The monoisotopic (exact) mass is 339 g/mol. The molecule has 0 radical (unpaired) electrons. The highest BCUT2D eigenvalue weighted by Crippen LogP contribution is 2.25. The maximum Gasteiger partial charge on any atom is 0.226 e. The Labute approximate surface area is 144 Å². The number of nitrogens with zero attached hydrogens (tertiary/aromatic N) is 2. The number of carbonyl (C=O) groups excluding carboxylic acids is 1. The Balaban J connectivity index is 1.46. The number of carbonyl (C=O) groups is 1. The number of rotatable bonds is 3. The highest BCUT2D eigenvalue weighted by atomic mass is 19.1. The standard InChI is InChI=1S/C19H18FN3O2/c1-23-17-5-3-2-4-15(17)16(22-23)10-19(24)21-14-9-12-8-13(20)6-7-18(12)25-11-14/h2-8,14H,9-11H2,1H3,(H,21,24). The van der Waals surface area contributed by atoms with Crippen LogP contribution in [-0.2, 0) is 24.7 Å². The third-order valence-electron chi connectivity index (χ3n) is 4.46. The molecule has 4 rings (SSSR count). The Bertz CT molecular complexity index is 951. The van der Waals surface area contributed by atoms with Gasteiger partial charge in [0.05, 0.1) is 23.7 Å². The minimum atomic E-state index is -0.297. The van der Waals surface area contributed by atoms with E-state index in [0.717, 1.165) is 22.2 Å². The normalized spacial score (nSPS) is 16.3. The van der Waals surface area contributed by atoms with Crippen molar-refractivity contribution in [2.45, 2.75) is 18.9 Å². The van der Waals surface area contributed by atoms with E-state index in [-0.39, 0.29) is 24.2 Å². The van der Waals surface area contributed by atoms with Crippen molar-refractivity contribution in [1.29, 1.82) is 0 Å². The Morgan fingerprint density at radius 3 is 3.08 bits per heavy atom. The van der Waals surface area contributed by atoms with Crippen molar-refractivity contribution in [1.82, 2.24) is 15.1 Å². The van der Waals surface area contributed by atoms with Crippen LogP contribution in [0.15, 0.2) is 42.5 Å². The quantitative estimate of drug-likeness (QED) is 0.797. The van der Waals surface area contributed by atoms with Crippen LogP contribution in [0.25, 0.3) is 10.9 Å². The van der Waals surface area contributed by atoms with Gasteiger partial charge in [0, 0.05) is 12.4 Å². The first-order valence-corrected chi connectivity index (χ1v) is 8.21. The van der Waals surface area contributed by atoms with E-state index in [1.807, 2.05) is 31.3 Å². The lowest BCUT2D eigenvalue weighted by molar-refractivity contribution is -0.121. The second-order valence-electron chi connectivity index (χ2n) is 6.30. The third-order valence-corrected chi connectivity index (χ3v) is 4.46. The molecule has 0 aliphatic carbocycles. The fourth-order valence-corrected chi connectivity index (χ4v) is 3.31. The SMILES string of the molecule is Cn1nc(CC(=O)NC2COc3ccc(F)cc3C2)c2ccccc21. The molecule has 2 aromatic carbocycles. The molecule has 1 aliphatic heterocycles. The number of benzene rings is 2. The van der Waals surface area contributed by atoms with Gasteiger partial charge in [-0.2, -0.15) is 5.10 Å². The molecule has 2 heterocycles. The summed E-state index contributed by atoms with van der Waals surface area (Å²) in [4.78, 5) is 12.4. The van der Waals surface area contributed by atoms with Crippen LogP contribution < -0.4 is 10.1 Å². The topological polar surface area (TPSA) is 56.2 Å². The van der Waals surface area contributed by atoms with Gasteiger partial charge in [-0.25, -0.2) is 4.39 Å². The first-order valence-electron chi connectivity index (χ1n) is 8.21. The predicted octanol–water partition coefficient (Wildman–Crippen LogP) is 2.37. The van der Waals surface area contributed by atoms with Crippen molar-refractivity contribution < 1.29 is 13.9 Å². The van der Waals surface area contributed by atoms with E-state index in [2.05, 4.69) is 10.4 Å². The number of hydrogen-bond donors (Lipinski definition) is 1. The summed E-state index contributed by atoms with van der Waals surface area (Å²) < 4.78 is 20.8. The lowest BCUT2D eigenvalue weighted by atomic mass is 10.0. The maximum atomic E-state index is 13.4. The zero-order valence-corrected chi connectivity index (χ0v) is 13.8. The molecule has 0 fully saturated rings. The number of aryl methyl sites for hydroxylation is 1. The zero-order chi connectivity index (χ0) is 17.4. The van der Waals surface area contributed by atoms with Gasteiger partial charge in [0.2, 0.25) is 5.91 Å². The van der Waals surface area contributed by atoms with Crippen LogP contribution in [0.5, 0.6) is 5.75 Å². The van der Waals surface area contributed by atoms with Gasteiger partial charge in [-0.15, -0.1) is 0 Å². The molecule has 1 N–H and O–H groups in total. The molecule has 0 spiro atoms. The number of hydrogen-bond acceptors (Lipinski definition) is 3. The number of aromatic nitrogens is 2. The van der Waals surface area contributed by atoms with Crippen molar-refractivity contribution in [3.8, 4) is 5.75 Å². The van der Waals surface area contributed by atoms with Crippen LogP contribution in [0, 0.1) is 5.82 Å². The molecule has 1 aliphatic rings.